The standard InChI is InChI=1S/C15H28/c1-13(2)11-14-7-6-10-15(12-14)8-4-3-5-9-15/h13-14H,3-12H2,1-2H3. The summed E-state index contributed by atoms with van der Waals surface area (Å²) in [6.07, 6.45) is 15.3. The van der Waals surface area contributed by atoms with E-state index in [0.717, 1.165) is 17.3 Å². The molecule has 0 radical (unpaired) electrons. The van der Waals surface area contributed by atoms with Crippen molar-refractivity contribution in [1.29, 1.82) is 0 Å². The summed E-state index contributed by atoms with van der Waals surface area (Å²) in [6.45, 7) is 4.78. The number of rotatable bonds is 2. The fraction of sp³-hybridized carbons (Fsp3) is 1.00. The van der Waals surface area contributed by atoms with Crippen molar-refractivity contribution >= 4 is 0 Å². The monoisotopic (exact) mass is 208 g/mol. The van der Waals surface area contributed by atoms with Crippen LogP contribution in [0.3, 0.4) is 0 Å². The molecular weight excluding hydrogens is 180 g/mol. The molecule has 0 aromatic heterocycles. The van der Waals surface area contributed by atoms with E-state index in [2.05, 4.69) is 13.8 Å². The van der Waals surface area contributed by atoms with Crippen LogP contribution in [0.4, 0.5) is 0 Å². The van der Waals surface area contributed by atoms with Gasteiger partial charge in [-0.05, 0) is 49.4 Å². The molecule has 88 valence electrons. The Morgan fingerprint density at radius 1 is 1.00 bits per heavy atom. The molecule has 0 heterocycles. The Morgan fingerprint density at radius 3 is 2.33 bits per heavy atom. The third-order valence-electron chi connectivity index (χ3n) is 4.76. The topological polar surface area (TPSA) is 0 Å². The van der Waals surface area contributed by atoms with Gasteiger partial charge in [0.15, 0.2) is 0 Å². The van der Waals surface area contributed by atoms with Crippen LogP contribution in [0, 0.1) is 17.3 Å². The van der Waals surface area contributed by atoms with E-state index in [0.29, 0.717) is 0 Å². The van der Waals surface area contributed by atoms with Gasteiger partial charge in [0.2, 0.25) is 0 Å². The lowest BCUT2D eigenvalue weighted by Crippen LogP contribution is -2.31. The highest BCUT2D eigenvalue weighted by molar-refractivity contribution is 4.88. The van der Waals surface area contributed by atoms with Crippen LogP contribution in [0.1, 0.15) is 78.1 Å². The average molecular weight is 208 g/mol. The van der Waals surface area contributed by atoms with Crippen LogP contribution in [0.5, 0.6) is 0 Å². The summed E-state index contributed by atoms with van der Waals surface area (Å²) in [5.74, 6) is 1.98. The van der Waals surface area contributed by atoms with Crippen molar-refractivity contribution < 1.29 is 0 Å². The smallest absolute Gasteiger partial charge is 0.0295 e. The molecule has 0 amide bonds. The van der Waals surface area contributed by atoms with Crippen molar-refractivity contribution in [3.8, 4) is 0 Å². The van der Waals surface area contributed by atoms with Gasteiger partial charge >= 0.3 is 0 Å². The molecule has 0 bridgehead atoms. The van der Waals surface area contributed by atoms with Crippen LogP contribution in [0.25, 0.3) is 0 Å². The van der Waals surface area contributed by atoms with Crippen LogP contribution in [-0.4, -0.2) is 0 Å². The van der Waals surface area contributed by atoms with E-state index < -0.39 is 0 Å². The van der Waals surface area contributed by atoms with Gasteiger partial charge in [-0.25, -0.2) is 0 Å². The predicted octanol–water partition coefficient (Wildman–Crippen LogP) is 5.17. The van der Waals surface area contributed by atoms with Gasteiger partial charge in [-0.3, -0.25) is 0 Å². The van der Waals surface area contributed by atoms with Gasteiger partial charge in [0.25, 0.3) is 0 Å². The highest BCUT2D eigenvalue weighted by atomic mass is 14.4. The maximum Gasteiger partial charge on any atom is -0.0295 e. The molecule has 0 N–H and O–H groups in total. The average Bonchev–Trinajstić information content (AvgIpc) is 2.17. The van der Waals surface area contributed by atoms with Crippen molar-refractivity contribution in [2.24, 2.45) is 17.3 Å². The summed E-state index contributed by atoms with van der Waals surface area (Å²) in [7, 11) is 0. The van der Waals surface area contributed by atoms with Gasteiger partial charge in [0.1, 0.15) is 0 Å². The van der Waals surface area contributed by atoms with Crippen LogP contribution >= 0.6 is 0 Å². The third kappa shape index (κ3) is 2.98. The van der Waals surface area contributed by atoms with Crippen LogP contribution in [-0.2, 0) is 0 Å². The summed E-state index contributed by atoms with van der Waals surface area (Å²) in [5.41, 5.74) is 0.816. The first-order chi connectivity index (χ1) is 7.20. The second kappa shape index (κ2) is 4.89. The Hall–Kier alpha value is 0. The second-order valence-corrected chi connectivity index (χ2v) is 6.65. The summed E-state index contributed by atoms with van der Waals surface area (Å²) in [4.78, 5) is 0. The molecule has 0 aromatic carbocycles. The van der Waals surface area contributed by atoms with E-state index in [1.165, 1.54) is 38.5 Å². The zero-order valence-corrected chi connectivity index (χ0v) is 10.7. The minimum Gasteiger partial charge on any atom is -0.0628 e. The number of hydrogen-bond donors (Lipinski definition) is 0. The lowest BCUT2D eigenvalue weighted by molar-refractivity contribution is 0.0795. The highest BCUT2D eigenvalue weighted by Crippen LogP contribution is 2.50. The molecule has 0 heteroatoms. The van der Waals surface area contributed by atoms with E-state index in [1.807, 2.05) is 0 Å². The molecule has 0 aliphatic heterocycles. The molecule has 2 aliphatic carbocycles. The lowest BCUT2D eigenvalue weighted by atomic mass is 9.61. The lowest BCUT2D eigenvalue weighted by Gasteiger charge is -2.44. The zero-order valence-electron chi connectivity index (χ0n) is 10.7. The van der Waals surface area contributed by atoms with Crippen molar-refractivity contribution in [2.75, 3.05) is 0 Å². The van der Waals surface area contributed by atoms with E-state index in [4.69, 9.17) is 0 Å². The van der Waals surface area contributed by atoms with Gasteiger partial charge in [0.05, 0.1) is 0 Å². The van der Waals surface area contributed by atoms with E-state index in [9.17, 15) is 0 Å². The Bertz CT molecular complexity index is 181. The van der Waals surface area contributed by atoms with E-state index in [1.54, 1.807) is 25.7 Å². The van der Waals surface area contributed by atoms with Crippen molar-refractivity contribution in [2.45, 2.75) is 78.1 Å². The summed E-state index contributed by atoms with van der Waals surface area (Å²) < 4.78 is 0. The molecule has 0 saturated heterocycles. The second-order valence-electron chi connectivity index (χ2n) is 6.65. The van der Waals surface area contributed by atoms with Gasteiger partial charge in [0, 0.05) is 0 Å². The minimum atomic E-state index is 0.816. The molecular formula is C15H28. The van der Waals surface area contributed by atoms with E-state index in [-0.39, 0.29) is 0 Å². The highest BCUT2D eigenvalue weighted by Gasteiger charge is 2.36. The molecule has 0 aromatic rings. The summed E-state index contributed by atoms with van der Waals surface area (Å²) in [6, 6.07) is 0. The molecule has 0 nitrogen and oxygen atoms in total. The van der Waals surface area contributed by atoms with Gasteiger partial charge in [-0.2, -0.15) is 0 Å². The maximum absolute atomic E-state index is 2.39. The largest absolute Gasteiger partial charge is 0.0628 e. The molecule has 1 atom stereocenters. The Balaban J connectivity index is 1.90. The van der Waals surface area contributed by atoms with Crippen LogP contribution in [0.2, 0.25) is 0 Å². The van der Waals surface area contributed by atoms with E-state index >= 15 is 0 Å². The first kappa shape index (κ1) is 11.5. The molecule has 2 fully saturated rings. The van der Waals surface area contributed by atoms with Crippen molar-refractivity contribution in [3.05, 3.63) is 0 Å². The fourth-order valence-corrected chi connectivity index (χ4v) is 4.21. The number of hydrogen-bond acceptors (Lipinski definition) is 0. The van der Waals surface area contributed by atoms with Crippen molar-refractivity contribution in [1.82, 2.24) is 0 Å². The Kier molecular flexibility index (Phi) is 3.74. The fourth-order valence-electron chi connectivity index (χ4n) is 4.21. The molecule has 2 aliphatic rings. The molecule has 1 spiro atoms. The summed E-state index contributed by atoms with van der Waals surface area (Å²) >= 11 is 0. The Morgan fingerprint density at radius 2 is 1.67 bits per heavy atom. The molecule has 1 unspecified atom stereocenters. The SMILES string of the molecule is CC(C)CC1CCCC2(CCCCC2)C1. The molecule has 2 rings (SSSR count). The Labute approximate surface area is 95.8 Å². The van der Waals surface area contributed by atoms with Crippen molar-refractivity contribution in [3.63, 3.8) is 0 Å². The summed E-state index contributed by atoms with van der Waals surface area (Å²) in [5, 5.41) is 0. The normalized spacial score (nSPS) is 31.0. The predicted molar refractivity (Wildman–Crippen MR) is 66.9 cm³/mol. The van der Waals surface area contributed by atoms with Gasteiger partial charge < -0.3 is 0 Å². The van der Waals surface area contributed by atoms with Crippen LogP contribution in [0.15, 0.2) is 0 Å². The molecule has 15 heavy (non-hydrogen) atoms. The van der Waals surface area contributed by atoms with Gasteiger partial charge in [-0.1, -0.05) is 46.0 Å². The van der Waals surface area contributed by atoms with Crippen LogP contribution < -0.4 is 0 Å². The first-order valence-corrected chi connectivity index (χ1v) is 7.20. The minimum absolute atomic E-state index is 0.816. The third-order valence-corrected chi connectivity index (χ3v) is 4.76. The van der Waals surface area contributed by atoms with Gasteiger partial charge in [-0.15, -0.1) is 0 Å². The molecule has 2 saturated carbocycles. The zero-order chi connectivity index (χ0) is 10.7. The maximum atomic E-state index is 2.39. The first-order valence-electron chi connectivity index (χ1n) is 7.20. The quantitative estimate of drug-likeness (QED) is 0.587.